The SMILES string of the molecule is CCCOc1ccc(S(=O)(=O)Nc2cccc(N3CCCS3(=O)=O)c2)cc1. The van der Waals surface area contributed by atoms with Crippen molar-refractivity contribution >= 4 is 31.4 Å². The molecule has 27 heavy (non-hydrogen) atoms. The third kappa shape index (κ3) is 4.54. The minimum absolute atomic E-state index is 0.102. The van der Waals surface area contributed by atoms with E-state index in [-0.39, 0.29) is 10.6 Å². The monoisotopic (exact) mass is 410 g/mol. The molecule has 1 aliphatic rings. The Morgan fingerprint density at radius 2 is 1.89 bits per heavy atom. The summed E-state index contributed by atoms with van der Waals surface area (Å²) in [6.45, 7) is 2.96. The Hall–Kier alpha value is -2.26. The van der Waals surface area contributed by atoms with E-state index in [0.29, 0.717) is 36.7 Å². The van der Waals surface area contributed by atoms with Gasteiger partial charge in [-0.05, 0) is 55.3 Å². The van der Waals surface area contributed by atoms with Crippen molar-refractivity contribution in [2.75, 3.05) is 27.9 Å². The van der Waals surface area contributed by atoms with Gasteiger partial charge in [0.1, 0.15) is 5.75 Å². The number of benzene rings is 2. The molecule has 2 aromatic carbocycles. The first-order valence-corrected chi connectivity index (χ1v) is 11.8. The van der Waals surface area contributed by atoms with Gasteiger partial charge >= 0.3 is 0 Å². The molecular weight excluding hydrogens is 388 g/mol. The van der Waals surface area contributed by atoms with Crippen molar-refractivity contribution in [3.8, 4) is 5.75 Å². The van der Waals surface area contributed by atoms with Crippen molar-refractivity contribution in [1.29, 1.82) is 0 Å². The van der Waals surface area contributed by atoms with E-state index in [1.807, 2.05) is 6.92 Å². The summed E-state index contributed by atoms with van der Waals surface area (Å²) in [5, 5.41) is 0. The smallest absolute Gasteiger partial charge is 0.261 e. The van der Waals surface area contributed by atoms with Crippen LogP contribution in [-0.2, 0) is 20.0 Å². The average Bonchev–Trinajstić information content (AvgIpc) is 2.99. The van der Waals surface area contributed by atoms with Gasteiger partial charge in [-0.3, -0.25) is 9.03 Å². The number of ether oxygens (including phenoxy) is 1. The molecule has 1 heterocycles. The van der Waals surface area contributed by atoms with E-state index in [4.69, 9.17) is 4.74 Å². The molecule has 0 unspecified atom stereocenters. The Morgan fingerprint density at radius 1 is 1.15 bits per heavy atom. The molecule has 3 rings (SSSR count). The van der Waals surface area contributed by atoms with Crippen LogP contribution in [0, 0.1) is 0 Å². The number of nitrogens with one attached hydrogen (secondary N) is 1. The Kier molecular flexibility index (Phi) is 5.61. The van der Waals surface area contributed by atoms with E-state index in [0.717, 1.165) is 6.42 Å². The lowest BCUT2D eigenvalue weighted by atomic mass is 10.3. The fraction of sp³-hybridized carbons (Fsp3) is 0.333. The molecule has 0 atom stereocenters. The molecule has 0 aromatic heterocycles. The maximum absolute atomic E-state index is 12.6. The predicted molar refractivity (Wildman–Crippen MR) is 105 cm³/mol. The molecule has 0 amide bonds. The summed E-state index contributed by atoms with van der Waals surface area (Å²) >= 11 is 0. The molecule has 9 heteroatoms. The van der Waals surface area contributed by atoms with E-state index in [1.165, 1.54) is 22.5 Å². The lowest BCUT2D eigenvalue weighted by molar-refractivity contribution is 0.317. The zero-order valence-electron chi connectivity index (χ0n) is 15.0. The van der Waals surface area contributed by atoms with E-state index in [1.54, 1.807) is 30.3 Å². The molecule has 1 aliphatic heterocycles. The second-order valence-electron chi connectivity index (χ2n) is 6.22. The number of hydrogen-bond acceptors (Lipinski definition) is 5. The Morgan fingerprint density at radius 3 is 2.52 bits per heavy atom. The highest BCUT2D eigenvalue weighted by Crippen LogP contribution is 2.27. The summed E-state index contributed by atoms with van der Waals surface area (Å²) in [6.07, 6.45) is 1.43. The summed E-state index contributed by atoms with van der Waals surface area (Å²) in [5.41, 5.74) is 0.761. The second-order valence-corrected chi connectivity index (χ2v) is 9.91. The molecule has 1 fully saturated rings. The molecule has 0 aliphatic carbocycles. The van der Waals surface area contributed by atoms with Crippen molar-refractivity contribution in [3.63, 3.8) is 0 Å². The van der Waals surface area contributed by atoms with Crippen LogP contribution in [0.25, 0.3) is 0 Å². The maximum Gasteiger partial charge on any atom is 0.261 e. The second kappa shape index (κ2) is 7.77. The first-order chi connectivity index (χ1) is 12.8. The molecule has 1 N–H and O–H groups in total. The Bertz CT molecular complexity index is 1000. The van der Waals surface area contributed by atoms with Crippen molar-refractivity contribution < 1.29 is 21.6 Å². The van der Waals surface area contributed by atoms with Gasteiger partial charge in [-0.25, -0.2) is 16.8 Å². The van der Waals surface area contributed by atoms with Crippen LogP contribution >= 0.6 is 0 Å². The topological polar surface area (TPSA) is 92.8 Å². The number of anilines is 2. The van der Waals surface area contributed by atoms with Crippen LogP contribution < -0.4 is 13.8 Å². The zero-order valence-corrected chi connectivity index (χ0v) is 16.6. The number of rotatable bonds is 7. The van der Waals surface area contributed by atoms with Crippen molar-refractivity contribution in [2.24, 2.45) is 0 Å². The number of hydrogen-bond donors (Lipinski definition) is 1. The van der Waals surface area contributed by atoms with Crippen LogP contribution in [0.1, 0.15) is 19.8 Å². The van der Waals surface area contributed by atoms with Gasteiger partial charge in [-0.1, -0.05) is 13.0 Å². The van der Waals surface area contributed by atoms with Gasteiger partial charge in [0, 0.05) is 6.54 Å². The van der Waals surface area contributed by atoms with Gasteiger partial charge in [0.25, 0.3) is 10.0 Å². The number of nitrogens with zero attached hydrogens (tertiary/aromatic N) is 1. The van der Waals surface area contributed by atoms with Crippen LogP contribution in [0.15, 0.2) is 53.4 Å². The lowest BCUT2D eigenvalue weighted by Gasteiger charge is -2.18. The largest absolute Gasteiger partial charge is 0.494 e. The highest BCUT2D eigenvalue weighted by Gasteiger charge is 2.28. The molecule has 146 valence electrons. The summed E-state index contributed by atoms with van der Waals surface area (Å²) in [4.78, 5) is 0.102. The Balaban J connectivity index is 1.79. The molecule has 1 saturated heterocycles. The minimum atomic E-state index is -3.79. The Labute approximate surface area is 160 Å². The zero-order chi connectivity index (χ0) is 19.5. The third-order valence-electron chi connectivity index (χ3n) is 4.09. The number of sulfonamides is 2. The molecule has 0 saturated carbocycles. The molecule has 0 bridgehead atoms. The first-order valence-electron chi connectivity index (χ1n) is 8.68. The minimum Gasteiger partial charge on any atom is -0.494 e. The summed E-state index contributed by atoms with van der Waals surface area (Å²) in [5.74, 6) is 0.715. The molecule has 0 radical (unpaired) electrons. The first kappa shape index (κ1) is 19.5. The lowest BCUT2D eigenvalue weighted by Crippen LogP contribution is -2.25. The van der Waals surface area contributed by atoms with E-state index in [2.05, 4.69) is 4.72 Å². The molecular formula is C18H22N2O5S2. The fourth-order valence-electron chi connectivity index (χ4n) is 2.80. The normalized spacial score (nSPS) is 16.3. The summed E-state index contributed by atoms with van der Waals surface area (Å²) in [6, 6.07) is 12.6. The van der Waals surface area contributed by atoms with Crippen LogP contribution in [0.3, 0.4) is 0 Å². The summed E-state index contributed by atoms with van der Waals surface area (Å²) < 4.78 is 58.6. The van der Waals surface area contributed by atoms with Gasteiger partial charge in [0.2, 0.25) is 10.0 Å². The third-order valence-corrected chi connectivity index (χ3v) is 7.36. The quantitative estimate of drug-likeness (QED) is 0.758. The van der Waals surface area contributed by atoms with E-state index in [9.17, 15) is 16.8 Å². The van der Waals surface area contributed by atoms with Crippen LogP contribution in [0.2, 0.25) is 0 Å². The molecule has 2 aromatic rings. The van der Waals surface area contributed by atoms with Crippen LogP contribution in [0.4, 0.5) is 11.4 Å². The highest BCUT2D eigenvalue weighted by molar-refractivity contribution is 7.93. The van der Waals surface area contributed by atoms with Gasteiger partial charge < -0.3 is 4.74 Å². The molecule has 0 spiro atoms. The fourth-order valence-corrected chi connectivity index (χ4v) is 5.41. The summed E-state index contributed by atoms with van der Waals surface area (Å²) in [7, 11) is -7.12. The molecule has 7 nitrogen and oxygen atoms in total. The maximum atomic E-state index is 12.6. The average molecular weight is 411 g/mol. The van der Waals surface area contributed by atoms with Gasteiger partial charge in [-0.15, -0.1) is 0 Å². The van der Waals surface area contributed by atoms with Crippen LogP contribution in [-0.4, -0.2) is 35.7 Å². The standard InChI is InChI=1S/C18H22N2O5S2/c1-2-12-25-17-7-9-18(10-8-17)27(23,24)19-15-5-3-6-16(14-15)20-11-4-13-26(20,21)22/h3,5-10,14,19H,2,4,11-13H2,1H3. The van der Waals surface area contributed by atoms with Gasteiger partial charge in [0.05, 0.1) is 28.6 Å². The van der Waals surface area contributed by atoms with E-state index < -0.39 is 20.0 Å². The van der Waals surface area contributed by atoms with E-state index >= 15 is 0 Å². The van der Waals surface area contributed by atoms with Crippen molar-refractivity contribution in [1.82, 2.24) is 0 Å². The van der Waals surface area contributed by atoms with Crippen LogP contribution in [0.5, 0.6) is 5.75 Å². The van der Waals surface area contributed by atoms with Gasteiger partial charge in [-0.2, -0.15) is 0 Å². The van der Waals surface area contributed by atoms with Crippen molar-refractivity contribution in [3.05, 3.63) is 48.5 Å². The highest BCUT2D eigenvalue weighted by atomic mass is 32.2. The predicted octanol–water partition coefficient (Wildman–Crippen LogP) is 2.82. The van der Waals surface area contributed by atoms with Crippen molar-refractivity contribution in [2.45, 2.75) is 24.7 Å². The van der Waals surface area contributed by atoms with Gasteiger partial charge in [0.15, 0.2) is 0 Å².